The fourth-order valence-electron chi connectivity index (χ4n) is 3.24. The number of methoxy groups -OCH3 is 2. The molecule has 0 aliphatic carbocycles. The maximum atomic E-state index is 12.3. The van der Waals surface area contributed by atoms with Gasteiger partial charge in [0.1, 0.15) is 29.2 Å². The van der Waals surface area contributed by atoms with Gasteiger partial charge in [0, 0.05) is 13.2 Å². The molecular formula is C25H30ClF2N2O8P. The van der Waals surface area contributed by atoms with E-state index in [0.29, 0.717) is 42.1 Å². The quantitative estimate of drug-likeness (QED) is 0.190. The molecule has 2 unspecified atom stereocenters. The van der Waals surface area contributed by atoms with Crippen molar-refractivity contribution in [2.45, 2.75) is 25.2 Å². The first kappa shape index (κ1) is 32.0. The molecule has 39 heavy (non-hydrogen) atoms. The van der Waals surface area contributed by atoms with Crippen molar-refractivity contribution < 1.29 is 46.2 Å². The van der Waals surface area contributed by atoms with Crippen molar-refractivity contribution in [2.75, 3.05) is 34.8 Å². The third kappa shape index (κ3) is 10.8. The summed E-state index contributed by atoms with van der Waals surface area (Å²) in [4.78, 5) is 24.4. The molecule has 1 heterocycles. The van der Waals surface area contributed by atoms with Crippen LogP contribution < -0.4 is 23.8 Å². The van der Waals surface area contributed by atoms with Crippen LogP contribution in [0.15, 0.2) is 59.8 Å². The van der Waals surface area contributed by atoms with E-state index in [0.717, 1.165) is 0 Å². The second-order valence-electron chi connectivity index (χ2n) is 7.54. The van der Waals surface area contributed by atoms with E-state index >= 15 is 0 Å². The van der Waals surface area contributed by atoms with Crippen molar-refractivity contribution in [3.8, 4) is 23.0 Å². The normalized spacial score (nSPS) is 16.5. The van der Waals surface area contributed by atoms with E-state index in [1.54, 1.807) is 62.8 Å². The molecule has 2 aromatic rings. The van der Waals surface area contributed by atoms with Gasteiger partial charge in [-0.1, -0.05) is 11.6 Å². The number of carbonyl (C=O) groups is 2. The molecule has 1 fully saturated rings. The summed E-state index contributed by atoms with van der Waals surface area (Å²) in [5.41, 5.74) is 0. The first-order chi connectivity index (χ1) is 18.9. The molecule has 0 aromatic heterocycles. The number of alkyl halides is 2. The van der Waals surface area contributed by atoms with Gasteiger partial charge in [0.05, 0.1) is 32.0 Å². The number of nitrogens with zero attached hydrogens (tertiary/aromatic N) is 1. The second kappa shape index (κ2) is 17.4. The smallest absolute Gasteiger partial charge is 0.463 e. The van der Waals surface area contributed by atoms with E-state index in [1.165, 1.54) is 18.1 Å². The summed E-state index contributed by atoms with van der Waals surface area (Å²) < 4.78 is 53.5. The van der Waals surface area contributed by atoms with E-state index in [1.807, 2.05) is 0 Å². The minimum Gasteiger partial charge on any atom is -0.497 e. The van der Waals surface area contributed by atoms with Gasteiger partial charge in [0.25, 0.3) is 0 Å². The molecular weight excluding hydrogens is 561 g/mol. The zero-order chi connectivity index (χ0) is 28.6. The second-order valence-corrected chi connectivity index (χ2v) is 9.05. The zero-order valence-electron chi connectivity index (χ0n) is 21.6. The molecule has 14 heteroatoms. The first-order valence-corrected chi connectivity index (χ1v) is 13.0. The highest BCUT2D eigenvalue weighted by Crippen LogP contribution is 2.43. The van der Waals surface area contributed by atoms with Gasteiger partial charge in [-0.3, -0.25) is 14.2 Å². The van der Waals surface area contributed by atoms with Crippen molar-refractivity contribution in [1.82, 2.24) is 10.2 Å². The van der Waals surface area contributed by atoms with Crippen LogP contribution in [0.3, 0.4) is 0 Å². The molecule has 0 radical (unpaired) electrons. The van der Waals surface area contributed by atoms with Gasteiger partial charge in [0.2, 0.25) is 6.93 Å². The Balaban J connectivity index is 0.00000170. The highest BCUT2D eigenvalue weighted by atomic mass is 35.5. The Morgan fingerprint density at radius 1 is 1.03 bits per heavy atom. The minimum absolute atomic E-state index is 0.119. The Morgan fingerprint density at radius 3 is 1.95 bits per heavy atom. The summed E-state index contributed by atoms with van der Waals surface area (Å²) in [6.45, 7) is -1.60. The van der Waals surface area contributed by atoms with Crippen molar-refractivity contribution in [2.24, 2.45) is 0 Å². The maximum Gasteiger partial charge on any atom is 0.463 e. The number of nitrogens with one attached hydrogen (secondary N) is 1. The van der Waals surface area contributed by atoms with E-state index in [2.05, 4.69) is 5.32 Å². The van der Waals surface area contributed by atoms with Crippen molar-refractivity contribution >= 4 is 32.5 Å². The van der Waals surface area contributed by atoms with Crippen LogP contribution in [0.25, 0.3) is 0 Å². The van der Waals surface area contributed by atoms with Gasteiger partial charge >= 0.3 is 14.6 Å². The molecule has 10 nitrogen and oxygen atoms in total. The van der Waals surface area contributed by atoms with Gasteiger partial charge in [-0.15, -0.1) is 0 Å². The van der Waals surface area contributed by atoms with Crippen LogP contribution in [0, 0.1) is 0 Å². The number of amides is 2. The number of hydrogen-bond donors (Lipinski definition) is 1. The topological polar surface area (TPSA) is 105 Å². The van der Waals surface area contributed by atoms with Gasteiger partial charge in [-0.05, 0) is 61.4 Å². The van der Waals surface area contributed by atoms with Crippen LogP contribution in [0.5, 0.6) is 23.0 Å². The number of benzene rings is 2. The highest BCUT2D eigenvalue weighted by molar-refractivity contribution is 7.42. The fourth-order valence-corrected chi connectivity index (χ4v) is 4.36. The summed E-state index contributed by atoms with van der Waals surface area (Å²) in [5.74, 6) is 2.47. The largest absolute Gasteiger partial charge is 0.497 e. The number of ether oxygens (including phenoxy) is 3. The zero-order valence-corrected chi connectivity index (χ0v) is 23.2. The minimum atomic E-state index is -1.85. The molecule has 1 aliphatic rings. The SMILES string of the molecule is CNC(=O)N(/C=C(/Cl)C=O)C1CCC(COP(Oc2ccc(OC)cc2)Oc2ccc(OC)cc2)O1.FCF. The molecule has 1 N–H and O–H groups in total. The summed E-state index contributed by atoms with van der Waals surface area (Å²) >= 11 is 5.82. The molecule has 2 aromatic carbocycles. The van der Waals surface area contributed by atoms with Crippen LogP contribution in [0.1, 0.15) is 12.8 Å². The van der Waals surface area contributed by atoms with Crippen molar-refractivity contribution in [1.29, 1.82) is 0 Å². The van der Waals surface area contributed by atoms with Crippen LogP contribution in [0.4, 0.5) is 13.6 Å². The van der Waals surface area contributed by atoms with Crippen LogP contribution in [-0.2, 0) is 14.1 Å². The maximum absolute atomic E-state index is 12.3. The van der Waals surface area contributed by atoms with Crippen LogP contribution in [0.2, 0.25) is 0 Å². The molecule has 2 amide bonds. The lowest BCUT2D eigenvalue weighted by molar-refractivity contribution is -0.104. The average Bonchev–Trinajstić information content (AvgIpc) is 3.44. The number of rotatable bonds is 12. The molecule has 1 saturated heterocycles. The Morgan fingerprint density at radius 2 is 1.51 bits per heavy atom. The molecule has 1 aliphatic heterocycles. The average molecular weight is 591 g/mol. The predicted molar refractivity (Wildman–Crippen MR) is 141 cm³/mol. The van der Waals surface area contributed by atoms with E-state index in [4.69, 9.17) is 39.4 Å². The van der Waals surface area contributed by atoms with Gasteiger partial charge in [-0.2, -0.15) is 0 Å². The van der Waals surface area contributed by atoms with Crippen molar-refractivity contribution in [3.05, 3.63) is 59.8 Å². The Hall–Kier alpha value is -3.18. The lowest BCUT2D eigenvalue weighted by atomic mass is 10.2. The van der Waals surface area contributed by atoms with E-state index < -0.39 is 27.8 Å². The Kier molecular flexibility index (Phi) is 14.3. The standard InChI is InChI=1S/C24H28ClN2O8P.CH2F2/c1-26-24(29)27(14-17(25)15-28)23-13-12-22(33-23)16-32-36(34-20-8-4-18(30-2)5-9-20)35-21-10-6-19(31-3)7-11-21;2-1-3/h4-11,14-15,22-23H,12-13,16H2,1-3H3,(H,26,29);1H2/b17-14+;. The lowest BCUT2D eigenvalue weighted by Crippen LogP contribution is -2.42. The molecule has 0 bridgehead atoms. The van der Waals surface area contributed by atoms with Gasteiger partial charge < -0.3 is 28.6 Å². The van der Waals surface area contributed by atoms with Gasteiger partial charge in [0.15, 0.2) is 6.29 Å². The monoisotopic (exact) mass is 590 g/mol. The summed E-state index contributed by atoms with van der Waals surface area (Å²) in [6, 6.07) is 13.6. The van der Waals surface area contributed by atoms with Crippen LogP contribution in [-0.4, -0.2) is 64.4 Å². The van der Waals surface area contributed by atoms with Crippen molar-refractivity contribution in [3.63, 3.8) is 0 Å². The number of halogens is 3. The number of carbonyl (C=O) groups excluding carboxylic acids is 2. The van der Waals surface area contributed by atoms with E-state index in [9.17, 15) is 18.4 Å². The Labute approximate surface area is 231 Å². The number of aldehydes is 1. The van der Waals surface area contributed by atoms with Crippen LogP contribution >= 0.6 is 20.2 Å². The van der Waals surface area contributed by atoms with E-state index in [-0.39, 0.29) is 17.7 Å². The number of allylic oxidation sites excluding steroid dienone is 1. The molecule has 0 saturated carbocycles. The molecule has 214 valence electrons. The molecule has 2 atom stereocenters. The number of hydrogen-bond acceptors (Lipinski definition) is 8. The molecule has 3 rings (SSSR count). The highest BCUT2D eigenvalue weighted by Gasteiger charge is 2.33. The predicted octanol–water partition coefficient (Wildman–Crippen LogP) is 5.71. The first-order valence-electron chi connectivity index (χ1n) is 11.5. The Bertz CT molecular complexity index is 1000. The lowest BCUT2D eigenvalue weighted by Gasteiger charge is -2.25. The third-order valence-corrected chi connectivity index (χ3v) is 6.33. The third-order valence-electron chi connectivity index (χ3n) is 5.06. The van der Waals surface area contributed by atoms with Gasteiger partial charge in [-0.25, -0.2) is 13.6 Å². The molecule has 0 spiro atoms. The summed E-state index contributed by atoms with van der Waals surface area (Å²) in [5, 5.41) is 2.39. The fraction of sp³-hybridized carbons (Fsp3) is 0.360. The number of urea groups is 1. The summed E-state index contributed by atoms with van der Waals surface area (Å²) in [6.07, 6.45) is 1.88. The summed E-state index contributed by atoms with van der Waals surface area (Å²) in [7, 11) is 2.80.